The van der Waals surface area contributed by atoms with Gasteiger partial charge in [0.05, 0.1) is 21.8 Å². The van der Waals surface area contributed by atoms with Gasteiger partial charge in [0.2, 0.25) is 0 Å². The lowest BCUT2D eigenvalue weighted by atomic mass is 10.1. The van der Waals surface area contributed by atoms with Gasteiger partial charge in [0.25, 0.3) is 17.7 Å². The van der Waals surface area contributed by atoms with Crippen molar-refractivity contribution in [2.45, 2.75) is 25.9 Å². The van der Waals surface area contributed by atoms with Crippen LogP contribution in [0.1, 0.15) is 40.5 Å². The normalized spacial score (nSPS) is 13.8. The zero-order valence-electron chi connectivity index (χ0n) is 15.7. The van der Waals surface area contributed by atoms with E-state index >= 15 is 0 Å². The molecule has 0 saturated carbocycles. The topological polar surface area (TPSA) is 92.8 Å². The lowest BCUT2D eigenvalue weighted by molar-refractivity contribution is -0.153. The highest BCUT2D eigenvalue weighted by atomic mass is 35.5. The van der Waals surface area contributed by atoms with Crippen LogP contribution in [-0.4, -0.2) is 41.2 Å². The van der Waals surface area contributed by atoms with E-state index in [1.54, 1.807) is 48.5 Å². The summed E-state index contributed by atoms with van der Waals surface area (Å²) < 4.78 is 5.12. The Hall–Kier alpha value is -3.19. The second-order valence-electron chi connectivity index (χ2n) is 6.51. The Morgan fingerprint density at radius 1 is 1.03 bits per heavy atom. The van der Waals surface area contributed by atoms with Crippen LogP contribution in [0, 0.1) is 0 Å². The molecule has 0 aliphatic carbocycles. The van der Waals surface area contributed by atoms with E-state index in [1.165, 1.54) is 6.92 Å². The van der Waals surface area contributed by atoms with Crippen molar-refractivity contribution in [2.75, 3.05) is 11.9 Å². The maximum Gasteiger partial charge on any atom is 0.306 e. The van der Waals surface area contributed by atoms with Gasteiger partial charge in [-0.1, -0.05) is 35.9 Å². The predicted molar refractivity (Wildman–Crippen MR) is 107 cm³/mol. The molecule has 29 heavy (non-hydrogen) atoms. The number of hydrogen-bond acceptors (Lipinski definition) is 5. The van der Waals surface area contributed by atoms with Crippen LogP contribution in [0.25, 0.3) is 0 Å². The minimum atomic E-state index is -1.02. The minimum absolute atomic E-state index is 0.0306. The van der Waals surface area contributed by atoms with Crippen molar-refractivity contribution in [1.82, 2.24) is 4.90 Å². The van der Waals surface area contributed by atoms with E-state index in [4.69, 9.17) is 16.3 Å². The number of benzene rings is 2. The molecule has 1 heterocycles. The third-order valence-corrected chi connectivity index (χ3v) is 4.78. The van der Waals surface area contributed by atoms with Crippen LogP contribution in [0.5, 0.6) is 0 Å². The summed E-state index contributed by atoms with van der Waals surface area (Å²) >= 11 is 5.98. The van der Waals surface area contributed by atoms with E-state index in [9.17, 15) is 19.2 Å². The van der Waals surface area contributed by atoms with Gasteiger partial charge in [-0.3, -0.25) is 24.1 Å². The smallest absolute Gasteiger partial charge is 0.306 e. The number of fused-ring (bicyclic) bond motifs is 1. The van der Waals surface area contributed by atoms with Crippen molar-refractivity contribution < 1.29 is 23.9 Å². The molecule has 0 radical (unpaired) electrons. The molecule has 2 aromatic rings. The molecule has 2 aromatic carbocycles. The number of esters is 1. The van der Waals surface area contributed by atoms with Gasteiger partial charge in [0.1, 0.15) is 0 Å². The second-order valence-corrected chi connectivity index (χ2v) is 6.92. The van der Waals surface area contributed by atoms with Gasteiger partial charge in [0.15, 0.2) is 6.10 Å². The number of para-hydroxylation sites is 1. The average molecular weight is 415 g/mol. The highest BCUT2D eigenvalue weighted by Crippen LogP contribution is 2.23. The van der Waals surface area contributed by atoms with Crippen LogP contribution in [0.15, 0.2) is 48.5 Å². The summed E-state index contributed by atoms with van der Waals surface area (Å²) in [7, 11) is 0. The molecule has 0 bridgehead atoms. The number of ether oxygens (including phenoxy) is 1. The number of anilines is 1. The summed E-state index contributed by atoms with van der Waals surface area (Å²) in [5, 5.41) is 2.97. The van der Waals surface area contributed by atoms with Crippen molar-refractivity contribution in [3.63, 3.8) is 0 Å². The molecule has 150 valence electrons. The number of nitrogens with one attached hydrogen (secondary N) is 1. The summed E-state index contributed by atoms with van der Waals surface area (Å²) in [6, 6.07) is 13.3. The fourth-order valence-electron chi connectivity index (χ4n) is 2.93. The molecular formula is C21H19ClN2O5. The predicted octanol–water partition coefficient (Wildman–Crippen LogP) is 3.29. The number of amides is 3. The van der Waals surface area contributed by atoms with E-state index in [0.717, 1.165) is 4.90 Å². The van der Waals surface area contributed by atoms with Crippen molar-refractivity contribution in [3.8, 4) is 0 Å². The Balaban J connectivity index is 1.45. The lowest BCUT2D eigenvalue weighted by Gasteiger charge is -2.15. The van der Waals surface area contributed by atoms with E-state index in [0.29, 0.717) is 21.8 Å². The van der Waals surface area contributed by atoms with Gasteiger partial charge in [-0.15, -0.1) is 0 Å². The first-order chi connectivity index (χ1) is 13.9. The van der Waals surface area contributed by atoms with Crippen molar-refractivity contribution in [2.24, 2.45) is 0 Å². The van der Waals surface area contributed by atoms with Crippen LogP contribution < -0.4 is 5.32 Å². The standard InChI is InChI=1S/C21H19ClN2O5/c1-13(19(26)23-17-10-5-4-9-16(17)22)29-18(25)11-6-12-24-20(27)14-7-2-3-8-15(14)21(24)28/h2-5,7-10,13H,6,11-12H2,1H3,(H,23,26)/t13-/m0/s1. The Bertz CT molecular complexity index is 940. The van der Waals surface area contributed by atoms with Crippen LogP contribution in [-0.2, 0) is 14.3 Å². The number of carbonyl (C=O) groups is 4. The molecule has 1 atom stereocenters. The number of halogens is 1. The molecule has 0 unspecified atom stereocenters. The second kappa shape index (κ2) is 8.87. The van der Waals surface area contributed by atoms with Gasteiger partial charge >= 0.3 is 5.97 Å². The molecule has 8 heteroatoms. The zero-order valence-corrected chi connectivity index (χ0v) is 16.4. The molecule has 1 aliphatic heterocycles. The van der Waals surface area contributed by atoms with Gasteiger partial charge in [-0.05, 0) is 37.6 Å². The lowest BCUT2D eigenvalue weighted by Crippen LogP contribution is -2.32. The molecular weight excluding hydrogens is 396 g/mol. The van der Waals surface area contributed by atoms with Gasteiger partial charge in [-0.25, -0.2) is 0 Å². The summed E-state index contributed by atoms with van der Waals surface area (Å²) in [6.07, 6.45) is -0.807. The highest BCUT2D eigenvalue weighted by molar-refractivity contribution is 6.33. The van der Waals surface area contributed by atoms with Crippen molar-refractivity contribution >= 4 is 41.0 Å². The number of rotatable bonds is 7. The maximum atomic E-state index is 12.3. The first-order valence-electron chi connectivity index (χ1n) is 9.08. The average Bonchev–Trinajstić information content (AvgIpc) is 2.94. The SMILES string of the molecule is C[C@H](OC(=O)CCCN1C(=O)c2ccccc2C1=O)C(=O)Nc1ccccc1Cl. The quantitative estimate of drug-likeness (QED) is 0.554. The number of carbonyl (C=O) groups excluding carboxylic acids is 4. The number of hydrogen-bond donors (Lipinski definition) is 1. The molecule has 7 nitrogen and oxygen atoms in total. The monoisotopic (exact) mass is 414 g/mol. The third-order valence-electron chi connectivity index (χ3n) is 4.45. The number of imide groups is 1. The van der Waals surface area contributed by atoms with Crippen molar-refractivity contribution in [3.05, 3.63) is 64.7 Å². The van der Waals surface area contributed by atoms with Crippen LogP contribution in [0.2, 0.25) is 5.02 Å². The molecule has 1 aliphatic rings. The van der Waals surface area contributed by atoms with E-state index < -0.39 is 18.0 Å². The molecule has 0 spiro atoms. The summed E-state index contributed by atoms with van der Waals surface area (Å²) in [4.78, 5) is 49.8. The Labute approximate surface area is 172 Å². The van der Waals surface area contributed by atoms with Crippen LogP contribution in [0.4, 0.5) is 5.69 Å². The Morgan fingerprint density at radius 2 is 1.62 bits per heavy atom. The Kier molecular flexibility index (Phi) is 6.29. The van der Waals surface area contributed by atoms with Gasteiger partial charge < -0.3 is 10.1 Å². The fourth-order valence-corrected chi connectivity index (χ4v) is 3.11. The Morgan fingerprint density at radius 3 is 2.24 bits per heavy atom. The van der Waals surface area contributed by atoms with E-state index in [1.807, 2.05) is 0 Å². The summed E-state index contributed by atoms with van der Waals surface area (Å²) in [6.45, 7) is 1.55. The minimum Gasteiger partial charge on any atom is -0.453 e. The molecule has 1 N–H and O–H groups in total. The molecule has 3 rings (SSSR count). The van der Waals surface area contributed by atoms with Crippen molar-refractivity contribution in [1.29, 1.82) is 0 Å². The van der Waals surface area contributed by atoms with Gasteiger partial charge in [-0.2, -0.15) is 0 Å². The zero-order chi connectivity index (χ0) is 21.0. The van der Waals surface area contributed by atoms with Crippen LogP contribution in [0.3, 0.4) is 0 Å². The number of nitrogens with zero attached hydrogens (tertiary/aromatic N) is 1. The van der Waals surface area contributed by atoms with Gasteiger partial charge in [0, 0.05) is 13.0 Å². The first-order valence-corrected chi connectivity index (χ1v) is 9.46. The molecule has 0 fully saturated rings. The van der Waals surface area contributed by atoms with E-state index in [-0.39, 0.29) is 31.2 Å². The fraction of sp³-hybridized carbons (Fsp3) is 0.238. The molecule has 3 amide bonds. The summed E-state index contributed by atoms with van der Waals surface area (Å²) in [5.74, 6) is -1.84. The highest BCUT2D eigenvalue weighted by Gasteiger charge is 2.34. The van der Waals surface area contributed by atoms with E-state index in [2.05, 4.69) is 5.32 Å². The molecule has 0 aromatic heterocycles. The van der Waals surface area contributed by atoms with Crippen LogP contribution >= 0.6 is 11.6 Å². The third kappa shape index (κ3) is 4.63. The maximum absolute atomic E-state index is 12.3. The first kappa shape index (κ1) is 20.5. The summed E-state index contributed by atoms with van der Waals surface area (Å²) in [5.41, 5.74) is 1.16. The molecule has 0 saturated heterocycles. The largest absolute Gasteiger partial charge is 0.453 e.